The number of rotatable bonds is 3. The summed E-state index contributed by atoms with van der Waals surface area (Å²) in [4.78, 5) is 2.41. The number of hydrogen-bond acceptors (Lipinski definition) is 2. The largest absolute Gasteiger partial charge is 0.376 e. The molecule has 0 spiro atoms. The number of ether oxygens (including phenoxy) is 1. The van der Waals surface area contributed by atoms with E-state index < -0.39 is 0 Å². The van der Waals surface area contributed by atoms with Crippen molar-refractivity contribution in [3.05, 3.63) is 0 Å². The van der Waals surface area contributed by atoms with Crippen LogP contribution in [-0.4, -0.2) is 43.1 Å². The molecule has 3 heteroatoms. The van der Waals surface area contributed by atoms with Crippen LogP contribution in [0.1, 0.15) is 13.3 Å². The summed E-state index contributed by atoms with van der Waals surface area (Å²) in [5.74, 6) is 0.770. The molecule has 0 amide bonds. The Morgan fingerprint density at radius 2 is 2.45 bits per heavy atom. The van der Waals surface area contributed by atoms with E-state index in [0.29, 0.717) is 6.10 Å². The molecule has 11 heavy (non-hydrogen) atoms. The van der Waals surface area contributed by atoms with Crippen molar-refractivity contribution in [3.8, 4) is 0 Å². The average molecular weight is 178 g/mol. The minimum Gasteiger partial charge on any atom is -0.376 e. The van der Waals surface area contributed by atoms with Crippen LogP contribution in [-0.2, 0) is 4.74 Å². The van der Waals surface area contributed by atoms with E-state index in [1.807, 2.05) is 0 Å². The van der Waals surface area contributed by atoms with Gasteiger partial charge in [-0.15, -0.1) is 11.6 Å². The molecule has 1 saturated heterocycles. The fourth-order valence-electron chi connectivity index (χ4n) is 1.38. The molecule has 2 nitrogen and oxygen atoms in total. The molecule has 0 saturated carbocycles. The average Bonchev–Trinajstić information content (AvgIpc) is 2.01. The normalized spacial score (nSPS) is 27.3. The van der Waals surface area contributed by atoms with Gasteiger partial charge in [0.05, 0.1) is 12.7 Å². The predicted molar refractivity (Wildman–Crippen MR) is 47.2 cm³/mol. The van der Waals surface area contributed by atoms with Crippen LogP contribution in [0.25, 0.3) is 0 Å². The van der Waals surface area contributed by atoms with Gasteiger partial charge < -0.3 is 4.74 Å². The third kappa shape index (κ3) is 3.41. The highest BCUT2D eigenvalue weighted by Crippen LogP contribution is 2.04. The monoisotopic (exact) mass is 177 g/mol. The molecule has 1 aliphatic heterocycles. The van der Waals surface area contributed by atoms with Crippen LogP contribution >= 0.6 is 11.6 Å². The molecular weight excluding hydrogens is 162 g/mol. The molecule has 0 aromatic heterocycles. The van der Waals surface area contributed by atoms with Gasteiger partial charge in [0.25, 0.3) is 0 Å². The smallest absolute Gasteiger partial charge is 0.0674 e. The second-order valence-corrected chi connectivity index (χ2v) is 3.40. The van der Waals surface area contributed by atoms with E-state index >= 15 is 0 Å². The summed E-state index contributed by atoms with van der Waals surface area (Å²) in [6.07, 6.45) is 1.49. The Kier molecular flexibility index (Phi) is 4.20. The van der Waals surface area contributed by atoms with Gasteiger partial charge in [-0.1, -0.05) is 0 Å². The Balaban J connectivity index is 2.12. The zero-order valence-electron chi connectivity index (χ0n) is 7.05. The first-order chi connectivity index (χ1) is 5.33. The molecule has 0 aliphatic carbocycles. The zero-order chi connectivity index (χ0) is 8.10. The van der Waals surface area contributed by atoms with Crippen LogP contribution in [0, 0.1) is 0 Å². The SMILES string of the molecule is CC1CN(CCCCl)CCO1. The van der Waals surface area contributed by atoms with E-state index in [1.54, 1.807) is 0 Å². The highest BCUT2D eigenvalue weighted by molar-refractivity contribution is 6.17. The van der Waals surface area contributed by atoms with Gasteiger partial charge in [-0.2, -0.15) is 0 Å². The first-order valence-electron chi connectivity index (χ1n) is 4.23. The maximum absolute atomic E-state index is 5.60. The summed E-state index contributed by atoms with van der Waals surface area (Å²) in [5.41, 5.74) is 0. The van der Waals surface area contributed by atoms with Crippen molar-refractivity contribution in [1.82, 2.24) is 4.90 Å². The number of halogens is 1. The van der Waals surface area contributed by atoms with Gasteiger partial charge >= 0.3 is 0 Å². The van der Waals surface area contributed by atoms with E-state index in [2.05, 4.69) is 11.8 Å². The first kappa shape index (κ1) is 9.30. The Morgan fingerprint density at radius 1 is 1.64 bits per heavy atom. The molecule has 66 valence electrons. The highest BCUT2D eigenvalue weighted by Gasteiger charge is 2.15. The van der Waals surface area contributed by atoms with Crippen molar-refractivity contribution in [3.63, 3.8) is 0 Å². The van der Waals surface area contributed by atoms with Crippen molar-refractivity contribution in [2.24, 2.45) is 0 Å². The molecule has 1 fully saturated rings. The molecule has 0 radical (unpaired) electrons. The first-order valence-corrected chi connectivity index (χ1v) is 4.76. The molecule has 1 unspecified atom stereocenters. The lowest BCUT2D eigenvalue weighted by molar-refractivity contribution is -0.0179. The van der Waals surface area contributed by atoms with Crippen LogP contribution in [0.4, 0.5) is 0 Å². The molecular formula is C8H16ClNO. The van der Waals surface area contributed by atoms with Crippen LogP contribution in [0.5, 0.6) is 0 Å². The lowest BCUT2D eigenvalue weighted by atomic mass is 10.3. The molecule has 0 aromatic carbocycles. The van der Waals surface area contributed by atoms with Gasteiger partial charge in [0, 0.05) is 19.0 Å². The summed E-state index contributed by atoms with van der Waals surface area (Å²) in [6, 6.07) is 0. The van der Waals surface area contributed by atoms with Crippen LogP contribution in [0.3, 0.4) is 0 Å². The lowest BCUT2D eigenvalue weighted by Gasteiger charge is -2.30. The van der Waals surface area contributed by atoms with E-state index in [-0.39, 0.29) is 0 Å². The van der Waals surface area contributed by atoms with E-state index in [0.717, 1.165) is 38.5 Å². The summed E-state index contributed by atoms with van der Waals surface area (Å²) in [6.45, 7) is 6.26. The van der Waals surface area contributed by atoms with Crippen molar-refractivity contribution in [2.75, 3.05) is 32.1 Å². The zero-order valence-corrected chi connectivity index (χ0v) is 7.81. The molecule has 0 aromatic rings. The molecule has 1 heterocycles. The van der Waals surface area contributed by atoms with Crippen molar-refractivity contribution < 1.29 is 4.74 Å². The topological polar surface area (TPSA) is 12.5 Å². The standard InChI is InChI=1S/C8H16ClNO/c1-8-7-10(4-2-3-9)5-6-11-8/h8H,2-7H2,1H3. The highest BCUT2D eigenvalue weighted by atomic mass is 35.5. The Morgan fingerprint density at radius 3 is 3.09 bits per heavy atom. The van der Waals surface area contributed by atoms with Crippen LogP contribution in [0.15, 0.2) is 0 Å². The maximum atomic E-state index is 5.60. The number of alkyl halides is 1. The molecule has 1 rings (SSSR count). The van der Waals surface area contributed by atoms with Crippen molar-refractivity contribution in [1.29, 1.82) is 0 Å². The molecule has 1 atom stereocenters. The number of hydrogen-bond donors (Lipinski definition) is 0. The van der Waals surface area contributed by atoms with E-state index in [4.69, 9.17) is 16.3 Å². The van der Waals surface area contributed by atoms with Gasteiger partial charge in [0.2, 0.25) is 0 Å². The summed E-state index contributed by atoms with van der Waals surface area (Å²) in [7, 11) is 0. The number of morpholine rings is 1. The second-order valence-electron chi connectivity index (χ2n) is 3.02. The second kappa shape index (κ2) is 4.96. The maximum Gasteiger partial charge on any atom is 0.0674 e. The van der Waals surface area contributed by atoms with E-state index in [9.17, 15) is 0 Å². The van der Waals surface area contributed by atoms with Gasteiger partial charge in [-0.05, 0) is 19.9 Å². The van der Waals surface area contributed by atoms with Crippen molar-refractivity contribution in [2.45, 2.75) is 19.4 Å². The quantitative estimate of drug-likeness (QED) is 0.604. The van der Waals surface area contributed by atoms with Gasteiger partial charge in [0.1, 0.15) is 0 Å². The van der Waals surface area contributed by atoms with Crippen LogP contribution in [0.2, 0.25) is 0 Å². The summed E-state index contributed by atoms with van der Waals surface area (Å²) in [5, 5.41) is 0. The summed E-state index contributed by atoms with van der Waals surface area (Å²) < 4.78 is 5.41. The summed E-state index contributed by atoms with van der Waals surface area (Å²) >= 11 is 5.60. The fourth-order valence-corrected chi connectivity index (χ4v) is 1.50. The third-order valence-corrected chi connectivity index (χ3v) is 2.20. The van der Waals surface area contributed by atoms with Gasteiger partial charge in [-0.3, -0.25) is 4.90 Å². The fraction of sp³-hybridized carbons (Fsp3) is 1.00. The Bertz CT molecular complexity index is 110. The van der Waals surface area contributed by atoms with Crippen LogP contribution < -0.4 is 0 Å². The Hall–Kier alpha value is 0.210. The molecule has 0 bridgehead atoms. The third-order valence-electron chi connectivity index (χ3n) is 1.93. The molecule has 1 aliphatic rings. The Labute approximate surface area is 73.5 Å². The molecule has 0 N–H and O–H groups in total. The lowest BCUT2D eigenvalue weighted by Crippen LogP contribution is -2.41. The predicted octanol–water partition coefficient (Wildman–Crippen LogP) is 1.34. The minimum absolute atomic E-state index is 0.402. The van der Waals surface area contributed by atoms with Crippen molar-refractivity contribution >= 4 is 11.6 Å². The van der Waals surface area contributed by atoms with Gasteiger partial charge in [0.15, 0.2) is 0 Å². The number of nitrogens with zero attached hydrogens (tertiary/aromatic N) is 1. The van der Waals surface area contributed by atoms with Gasteiger partial charge in [-0.25, -0.2) is 0 Å². The minimum atomic E-state index is 0.402. The van der Waals surface area contributed by atoms with E-state index in [1.165, 1.54) is 0 Å².